The lowest BCUT2D eigenvalue weighted by Gasteiger charge is -2.19. The largest absolute Gasteiger partial charge is 0.481 e. The summed E-state index contributed by atoms with van der Waals surface area (Å²) in [6, 6.07) is 1.40. The Bertz CT molecular complexity index is 476. The van der Waals surface area contributed by atoms with Gasteiger partial charge in [-0.25, -0.2) is 4.98 Å². The molecule has 1 atom stereocenters. The van der Waals surface area contributed by atoms with Crippen molar-refractivity contribution in [2.24, 2.45) is 5.92 Å². The highest BCUT2D eigenvalue weighted by atomic mass is 19.1. The second-order valence-electron chi connectivity index (χ2n) is 4.26. The van der Waals surface area contributed by atoms with Gasteiger partial charge in [0.15, 0.2) is 0 Å². The van der Waals surface area contributed by atoms with Gasteiger partial charge in [0.1, 0.15) is 0 Å². The molecular formula is C12H15FN2O3. The zero-order valence-corrected chi connectivity index (χ0v) is 10.5. The van der Waals surface area contributed by atoms with Gasteiger partial charge in [-0.05, 0) is 13.0 Å². The molecule has 0 aromatic carbocycles. The van der Waals surface area contributed by atoms with Gasteiger partial charge in [-0.2, -0.15) is 4.39 Å². The monoisotopic (exact) mass is 254 g/mol. The third kappa shape index (κ3) is 3.26. The molecule has 0 spiro atoms. The lowest BCUT2D eigenvalue weighted by Crippen LogP contribution is -2.33. The molecule has 1 heterocycles. The minimum absolute atomic E-state index is 0.0879. The van der Waals surface area contributed by atoms with E-state index < -0.39 is 17.8 Å². The second-order valence-corrected chi connectivity index (χ2v) is 4.26. The maximum absolute atomic E-state index is 13.0. The minimum atomic E-state index is -0.969. The summed E-state index contributed by atoms with van der Waals surface area (Å²) in [6.45, 7) is 3.11. The summed E-state index contributed by atoms with van der Waals surface area (Å²) in [6.07, 6.45) is 1.15. The Morgan fingerprint density at radius 1 is 1.56 bits per heavy atom. The number of carbonyl (C=O) groups excluding carboxylic acids is 1. The van der Waals surface area contributed by atoms with Crippen LogP contribution in [0.25, 0.3) is 0 Å². The number of halogens is 1. The standard InChI is InChI=1S/C12H15FN2O3/c1-7-4-9(5-14-10(7)13)11(16)15(3)6-8(2)12(17)18/h4-5,8H,6H2,1-3H3,(H,17,18)/t8-/m0/s1. The molecule has 0 saturated heterocycles. The average molecular weight is 254 g/mol. The lowest BCUT2D eigenvalue weighted by atomic mass is 10.1. The molecule has 0 unspecified atom stereocenters. The molecule has 0 aliphatic rings. The molecule has 0 saturated carbocycles. The van der Waals surface area contributed by atoms with E-state index in [1.54, 1.807) is 0 Å². The van der Waals surface area contributed by atoms with Crippen molar-refractivity contribution >= 4 is 11.9 Å². The van der Waals surface area contributed by atoms with Crippen LogP contribution in [0.2, 0.25) is 0 Å². The van der Waals surface area contributed by atoms with Crippen LogP contribution >= 0.6 is 0 Å². The second kappa shape index (κ2) is 5.57. The van der Waals surface area contributed by atoms with Gasteiger partial charge in [0.05, 0.1) is 11.5 Å². The first-order valence-electron chi connectivity index (χ1n) is 5.43. The molecule has 0 aliphatic carbocycles. The number of aryl methyl sites for hydroxylation is 1. The molecular weight excluding hydrogens is 239 g/mol. The van der Waals surface area contributed by atoms with E-state index in [1.165, 1.54) is 31.9 Å². The summed E-state index contributed by atoms with van der Waals surface area (Å²) < 4.78 is 13.0. The number of aromatic nitrogens is 1. The zero-order valence-electron chi connectivity index (χ0n) is 10.5. The SMILES string of the molecule is Cc1cc(C(=O)N(C)C[C@H](C)C(=O)O)cnc1F. The van der Waals surface area contributed by atoms with E-state index in [-0.39, 0.29) is 23.6 Å². The van der Waals surface area contributed by atoms with Crippen LogP contribution < -0.4 is 0 Å². The van der Waals surface area contributed by atoms with Crippen LogP contribution in [0, 0.1) is 18.8 Å². The van der Waals surface area contributed by atoms with E-state index in [4.69, 9.17) is 5.11 Å². The molecule has 0 aliphatic heterocycles. The zero-order chi connectivity index (χ0) is 13.9. The summed E-state index contributed by atoms with van der Waals surface area (Å²) in [5.74, 6) is -2.62. The van der Waals surface area contributed by atoms with Crippen LogP contribution in [0.4, 0.5) is 4.39 Å². The van der Waals surface area contributed by atoms with Gasteiger partial charge in [-0.3, -0.25) is 9.59 Å². The summed E-state index contributed by atoms with van der Waals surface area (Å²) in [4.78, 5) is 27.4. The number of nitrogens with zero attached hydrogens (tertiary/aromatic N) is 2. The first-order chi connectivity index (χ1) is 8.32. The third-order valence-electron chi connectivity index (χ3n) is 2.58. The van der Waals surface area contributed by atoms with Crippen molar-refractivity contribution in [3.05, 3.63) is 29.3 Å². The normalized spacial score (nSPS) is 12.0. The average Bonchev–Trinajstić information content (AvgIpc) is 2.31. The van der Waals surface area contributed by atoms with Crippen LogP contribution in [-0.2, 0) is 4.79 Å². The minimum Gasteiger partial charge on any atom is -0.481 e. The van der Waals surface area contributed by atoms with Gasteiger partial charge in [0.25, 0.3) is 5.91 Å². The first-order valence-corrected chi connectivity index (χ1v) is 5.43. The number of aliphatic carboxylic acids is 1. The topological polar surface area (TPSA) is 70.5 Å². The van der Waals surface area contributed by atoms with Crippen LogP contribution in [0.5, 0.6) is 0 Å². The molecule has 18 heavy (non-hydrogen) atoms. The smallest absolute Gasteiger partial charge is 0.308 e. The molecule has 5 nitrogen and oxygen atoms in total. The van der Waals surface area contributed by atoms with Crippen molar-refractivity contribution in [1.82, 2.24) is 9.88 Å². The molecule has 1 aromatic heterocycles. The highest BCUT2D eigenvalue weighted by Crippen LogP contribution is 2.09. The number of pyridine rings is 1. The Hall–Kier alpha value is -1.98. The highest BCUT2D eigenvalue weighted by Gasteiger charge is 2.19. The maximum Gasteiger partial charge on any atom is 0.308 e. The fraction of sp³-hybridized carbons (Fsp3) is 0.417. The first kappa shape index (κ1) is 14.1. The van der Waals surface area contributed by atoms with Crippen LogP contribution in [0.15, 0.2) is 12.3 Å². The fourth-order valence-electron chi connectivity index (χ4n) is 1.47. The number of carboxylic acid groups (broad SMARTS) is 1. The number of carboxylic acids is 1. The molecule has 0 fully saturated rings. The van der Waals surface area contributed by atoms with E-state index in [1.807, 2.05) is 0 Å². The van der Waals surface area contributed by atoms with Crippen molar-refractivity contribution in [2.75, 3.05) is 13.6 Å². The van der Waals surface area contributed by atoms with Crippen LogP contribution in [0.1, 0.15) is 22.8 Å². The Kier molecular flexibility index (Phi) is 4.36. The van der Waals surface area contributed by atoms with E-state index in [2.05, 4.69) is 4.98 Å². The van der Waals surface area contributed by atoms with Crippen molar-refractivity contribution in [2.45, 2.75) is 13.8 Å². The van der Waals surface area contributed by atoms with E-state index >= 15 is 0 Å². The molecule has 1 aromatic rings. The van der Waals surface area contributed by atoms with Gasteiger partial charge in [0, 0.05) is 25.4 Å². The Morgan fingerprint density at radius 2 is 2.17 bits per heavy atom. The van der Waals surface area contributed by atoms with Gasteiger partial charge >= 0.3 is 5.97 Å². The predicted molar refractivity (Wildman–Crippen MR) is 62.7 cm³/mol. The van der Waals surface area contributed by atoms with Gasteiger partial charge in [-0.15, -0.1) is 0 Å². The van der Waals surface area contributed by atoms with Crippen molar-refractivity contribution in [1.29, 1.82) is 0 Å². The number of hydrogen-bond acceptors (Lipinski definition) is 3. The van der Waals surface area contributed by atoms with Crippen molar-refractivity contribution in [3.8, 4) is 0 Å². The van der Waals surface area contributed by atoms with Gasteiger partial charge in [0.2, 0.25) is 5.95 Å². The number of carbonyl (C=O) groups is 2. The number of rotatable bonds is 4. The van der Waals surface area contributed by atoms with Gasteiger partial charge in [-0.1, -0.05) is 6.92 Å². The number of hydrogen-bond donors (Lipinski definition) is 1. The van der Waals surface area contributed by atoms with Gasteiger partial charge < -0.3 is 10.0 Å². The summed E-state index contributed by atoms with van der Waals surface area (Å²) in [5.41, 5.74) is 0.523. The van der Waals surface area contributed by atoms with Crippen LogP contribution in [-0.4, -0.2) is 40.5 Å². The van der Waals surface area contributed by atoms with Crippen LogP contribution in [0.3, 0.4) is 0 Å². The molecule has 1 N–H and O–H groups in total. The lowest BCUT2D eigenvalue weighted by molar-refractivity contribution is -0.141. The molecule has 0 radical (unpaired) electrons. The molecule has 1 rings (SSSR count). The molecule has 1 amide bonds. The predicted octanol–water partition coefficient (Wildman–Crippen LogP) is 1.32. The fourth-order valence-corrected chi connectivity index (χ4v) is 1.47. The molecule has 0 bridgehead atoms. The quantitative estimate of drug-likeness (QED) is 0.823. The Morgan fingerprint density at radius 3 is 2.67 bits per heavy atom. The van der Waals surface area contributed by atoms with Crippen molar-refractivity contribution < 1.29 is 19.1 Å². The maximum atomic E-state index is 13.0. The van der Waals surface area contributed by atoms with E-state index in [9.17, 15) is 14.0 Å². The molecule has 98 valence electrons. The highest BCUT2D eigenvalue weighted by molar-refractivity contribution is 5.94. The Balaban J connectivity index is 2.80. The molecule has 6 heteroatoms. The third-order valence-corrected chi connectivity index (χ3v) is 2.58. The summed E-state index contributed by atoms with van der Waals surface area (Å²) >= 11 is 0. The van der Waals surface area contributed by atoms with Crippen molar-refractivity contribution in [3.63, 3.8) is 0 Å². The van der Waals surface area contributed by atoms with E-state index in [0.717, 1.165) is 6.20 Å². The Labute approximate surface area is 104 Å². The number of amides is 1. The summed E-state index contributed by atoms with van der Waals surface area (Å²) in [7, 11) is 1.50. The summed E-state index contributed by atoms with van der Waals surface area (Å²) in [5, 5.41) is 8.76. The van der Waals surface area contributed by atoms with E-state index in [0.29, 0.717) is 0 Å².